The number of anilines is 1. The lowest BCUT2D eigenvalue weighted by molar-refractivity contribution is 0.148. The maximum atomic E-state index is 11.9. The molecule has 0 spiro atoms. The topological polar surface area (TPSA) is 106 Å². The number of halogens is 1. The molecule has 0 bridgehead atoms. The van der Waals surface area contributed by atoms with Crippen molar-refractivity contribution in [3.05, 3.63) is 41.0 Å². The van der Waals surface area contributed by atoms with Crippen LogP contribution >= 0.6 is 11.6 Å². The highest BCUT2D eigenvalue weighted by Gasteiger charge is 2.29. The van der Waals surface area contributed by atoms with Crippen LogP contribution < -0.4 is 10.0 Å². The number of hydrogen-bond acceptors (Lipinski definition) is 7. The maximum absolute atomic E-state index is 11.9. The number of benzene rings is 1. The van der Waals surface area contributed by atoms with Crippen LogP contribution in [0.15, 0.2) is 30.5 Å². The molecule has 0 unspecified atom stereocenters. The molecule has 1 saturated heterocycles. The van der Waals surface area contributed by atoms with Crippen molar-refractivity contribution in [2.24, 2.45) is 0 Å². The van der Waals surface area contributed by atoms with Gasteiger partial charge in [-0.05, 0) is 25.5 Å². The molecule has 2 atom stereocenters. The van der Waals surface area contributed by atoms with Crippen molar-refractivity contribution in [3.8, 4) is 11.4 Å². The number of nitrogens with zero attached hydrogens (tertiary/aromatic N) is 4. The Bertz CT molecular complexity index is 1300. The highest BCUT2D eigenvalue weighted by atomic mass is 35.5. The average Bonchev–Trinajstić information content (AvgIpc) is 3.28. The predicted molar refractivity (Wildman–Crippen MR) is 145 cm³/mol. The highest BCUT2D eigenvalue weighted by Crippen LogP contribution is 2.33. The van der Waals surface area contributed by atoms with Gasteiger partial charge in [-0.25, -0.2) is 23.1 Å². The molecule has 36 heavy (non-hydrogen) atoms. The number of aromatic nitrogens is 3. The molecule has 1 aliphatic heterocycles. The van der Waals surface area contributed by atoms with Crippen LogP contribution in [0.25, 0.3) is 22.6 Å². The number of pyridine rings is 1. The number of nitrogens with one attached hydrogen (secondary N) is 3. The molecule has 0 amide bonds. The monoisotopic (exact) mass is 531 g/mol. The molecule has 2 fully saturated rings. The van der Waals surface area contributed by atoms with Crippen LogP contribution in [0.5, 0.6) is 0 Å². The number of piperazine rings is 1. The normalized spacial score (nSPS) is 22.2. The van der Waals surface area contributed by atoms with E-state index in [0.717, 1.165) is 75.3 Å². The second-order valence-corrected chi connectivity index (χ2v) is 12.3. The number of likely N-dealkylation sites (N-methyl/N-ethyl adjacent to an activating group) is 1. The van der Waals surface area contributed by atoms with E-state index in [9.17, 15) is 8.42 Å². The lowest BCUT2D eigenvalue weighted by atomic mass is 9.91. The van der Waals surface area contributed by atoms with Gasteiger partial charge in [-0.1, -0.05) is 48.7 Å². The van der Waals surface area contributed by atoms with Crippen molar-refractivity contribution in [2.45, 2.75) is 44.3 Å². The average molecular weight is 532 g/mol. The Labute approximate surface area is 217 Å². The molecule has 11 heteroatoms. The molecule has 3 aromatic rings. The van der Waals surface area contributed by atoms with E-state index < -0.39 is 10.0 Å². The Balaban J connectivity index is 1.35. The Morgan fingerprint density at radius 1 is 1.08 bits per heavy atom. The van der Waals surface area contributed by atoms with E-state index in [1.807, 2.05) is 0 Å². The molecule has 9 nitrogen and oxygen atoms in total. The largest absolute Gasteiger partial charge is 0.378 e. The van der Waals surface area contributed by atoms with Crippen LogP contribution in [0.4, 0.5) is 5.69 Å². The second-order valence-electron chi connectivity index (χ2n) is 10.1. The van der Waals surface area contributed by atoms with Gasteiger partial charge >= 0.3 is 0 Å². The fraction of sp³-hybridized carbons (Fsp3) is 0.520. The Morgan fingerprint density at radius 2 is 1.78 bits per heavy atom. The molecular formula is C25H34ClN7O2S. The maximum Gasteiger partial charge on any atom is 0.209 e. The SMILES string of the molecule is CN1CCN(Cc2ccc(-c3nc4ncc(Cl)c(N[C@@H]5CCCC[C@H]5NS(C)(=O)=O)c4[nH]3)cc2)CC1. The number of rotatable bonds is 7. The molecule has 194 valence electrons. The molecule has 2 aromatic heterocycles. The summed E-state index contributed by atoms with van der Waals surface area (Å²) in [7, 11) is -1.14. The van der Waals surface area contributed by atoms with E-state index in [4.69, 9.17) is 16.6 Å². The van der Waals surface area contributed by atoms with E-state index in [1.54, 1.807) is 6.20 Å². The number of sulfonamides is 1. The van der Waals surface area contributed by atoms with Crippen molar-refractivity contribution in [1.82, 2.24) is 29.5 Å². The van der Waals surface area contributed by atoms with Crippen molar-refractivity contribution in [2.75, 3.05) is 44.8 Å². The molecular weight excluding hydrogens is 498 g/mol. The van der Waals surface area contributed by atoms with E-state index in [1.165, 1.54) is 11.8 Å². The molecule has 1 aromatic carbocycles. The van der Waals surface area contributed by atoms with Crippen molar-refractivity contribution in [1.29, 1.82) is 0 Å². The quantitative estimate of drug-likeness (QED) is 0.429. The first-order chi connectivity index (χ1) is 17.2. The van der Waals surface area contributed by atoms with Crippen molar-refractivity contribution in [3.63, 3.8) is 0 Å². The standard InChI is InChI=1S/C25H34ClN7O2S/c1-32-11-13-33(14-12-32)16-17-7-9-18(10-8-17)24-29-23-22(19(26)15-27-25(23)30-24)28-20-5-3-4-6-21(20)31-36(2,34)35/h7-10,15,20-21,31H,3-6,11-14,16H2,1-2H3,(H2,27,28,29,30)/t20-,21-/m1/s1. The highest BCUT2D eigenvalue weighted by molar-refractivity contribution is 7.88. The number of H-pyrrole nitrogens is 1. The minimum atomic E-state index is -3.31. The summed E-state index contributed by atoms with van der Waals surface area (Å²) in [5.41, 5.74) is 4.26. The summed E-state index contributed by atoms with van der Waals surface area (Å²) in [5, 5.41) is 3.98. The minimum absolute atomic E-state index is 0.0721. The first-order valence-corrected chi connectivity index (χ1v) is 14.8. The van der Waals surface area contributed by atoms with Crippen LogP contribution in [-0.2, 0) is 16.6 Å². The van der Waals surface area contributed by atoms with Gasteiger partial charge in [0.25, 0.3) is 0 Å². The zero-order valence-electron chi connectivity index (χ0n) is 20.8. The Morgan fingerprint density at radius 3 is 2.47 bits per heavy atom. The van der Waals surface area contributed by atoms with Crippen molar-refractivity contribution >= 4 is 38.5 Å². The summed E-state index contributed by atoms with van der Waals surface area (Å²) in [6, 6.07) is 8.23. The Hall–Kier alpha value is -2.24. The molecule has 1 aliphatic carbocycles. The van der Waals surface area contributed by atoms with Crippen LogP contribution in [0.2, 0.25) is 5.02 Å². The van der Waals surface area contributed by atoms with Crippen LogP contribution in [0.1, 0.15) is 31.2 Å². The van der Waals surface area contributed by atoms with E-state index in [2.05, 4.69) is 61.1 Å². The number of imidazole rings is 1. The molecule has 5 rings (SSSR count). The Kier molecular flexibility index (Phi) is 7.50. The molecule has 3 heterocycles. The zero-order chi connectivity index (χ0) is 25.3. The third-order valence-corrected chi connectivity index (χ3v) is 8.18. The minimum Gasteiger partial charge on any atom is -0.378 e. The predicted octanol–water partition coefficient (Wildman–Crippen LogP) is 3.30. The first-order valence-electron chi connectivity index (χ1n) is 12.5. The second kappa shape index (κ2) is 10.6. The van der Waals surface area contributed by atoms with Gasteiger partial charge in [0.1, 0.15) is 11.3 Å². The molecule has 2 aliphatic rings. The smallest absolute Gasteiger partial charge is 0.209 e. The third kappa shape index (κ3) is 6.00. The van der Waals surface area contributed by atoms with Gasteiger partial charge in [-0.3, -0.25) is 4.90 Å². The van der Waals surface area contributed by atoms with Crippen LogP contribution in [0.3, 0.4) is 0 Å². The fourth-order valence-electron chi connectivity index (χ4n) is 5.15. The van der Waals surface area contributed by atoms with Crippen LogP contribution in [-0.4, -0.2) is 84.7 Å². The van der Waals surface area contributed by atoms with Gasteiger partial charge in [0.05, 0.1) is 23.2 Å². The van der Waals surface area contributed by atoms with Gasteiger partial charge in [0, 0.05) is 50.4 Å². The number of hydrogen-bond donors (Lipinski definition) is 3. The van der Waals surface area contributed by atoms with E-state index in [-0.39, 0.29) is 12.1 Å². The van der Waals surface area contributed by atoms with Gasteiger partial charge in [-0.15, -0.1) is 0 Å². The van der Waals surface area contributed by atoms with Gasteiger partial charge in [0.2, 0.25) is 10.0 Å². The lowest BCUT2D eigenvalue weighted by Crippen LogP contribution is -2.48. The summed E-state index contributed by atoms with van der Waals surface area (Å²) in [5.74, 6) is 0.725. The van der Waals surface area contributed by atoms with Crippen molar-refractivity contribution < 1.29 is 8.42 Å². The molecule has 3 N–H and O–H groups in total. The van der Waals surface area contributed by atoms with E-state index >= 15 is 0 Å². The summed E-state index contributed by atoms with van der Waals surface area (Å²) in [6.07, 6.45) is 6.45. The summed E-state index contributed by atoms with van der Waals surface area (Å²) >= 11 is 6.56. The van der Waals surface area contributed by atoms with Crippen LogP contribution in [0, 0.1) is 0 Å². The third-order valence-electron chi connectivity index (χ3n) is 7.16. The molecule has 0 radical (unpaired) electrons. The number of fused-ring (bicyclic) bond motifs is 1. The summed E-state index contributed by atoms with van der Waals surface area (Å²) < 4.78 is 26.6. The fourth-order valence-corrected chi connectivity index (χ4v) is 6.18. The van der Waals surface area contributed by atoms with Gasteiger partial charge < -0.3 is 15.2 Å². The lowest BCUT2D eigenvalue weighted by Gasteiger charge is -2.33. The molecule has 1 saturated carbocycles. The zero-order valence-corrected chi connectivity index (χ0v) is 22.4. The summed E-state index contributed by atoms with van der Waals surface area (Å²) in [6.45, 7) is 5.34. The number of aromatic amines is 1. The van der Waals surface area contributed by atoms with Gasteiger partial charge in [-0.2, -0.15) is 0 Å². The van der Waals surface area contributed by atoms with Gasteiger partial charge in [0.15, 0.2) is 5.65 Å². The summed E-state index contributed by atoms with van der Waals surface area (Å²) in [4.78, 5) is 17.4. The first kappa shape index (κ1) is 25.4. The van der Waals surface area contributed by atoms with E-state index in [0.29, 0.717) is 16.4 Å².